The summed E-state index contributed by atoms with van der Waals surface area (Å²) in [5.41, 5.74) is 0. The molecule has 4 unspecified atom stereocenters. The lowest BCUT2D eigenvalue weighted by atomic mass is 9.94. The van der Waals surface area contributed by atoms with E-state index in [2.05, 4.69) is 103 Å². The molecule has 0 aliphatic heterocycles. The SMILES string of the molecule is CCCCCCCCC(CCCCCC)C(=O)OCCCCCCCCCN(CCCCCCCCCOC(=O)C(CCCCCC)CCCCCCCC)CCN(C)C.CCCCCCCCC(CCCCCC)C(=O)OCCCCCCN(CCCCCCOC(=O)C(CCCCCC)CCCCCCCC)CCN(C)C. The Morgan fingerprint density at radius 1 is 0.175 bits per heavy atom. The van der Waals surface area contributed by atoms with Crippen molar-refractivity contribution in [2.45, 2.75) is 505 Å². The number of unbranched alkanes of at least 4 members (excludes halogenated alkanes) is 50. The summed E-state index contributed by atoms with van der Waals surface area (Å²) in [5.74, 6) is 0.746. The zero-order valence-electron chi connectivity index (χ0n) is 79.3. The second-order valence-corrected chi connectivity index (χ2v) is 36.1. The van der Waals surface area contributed by atoms with Gasteiger partial charge in [-0.2, -0.15) is 0 Å². The van der Waals surface area contributed by atoms with Crippen molar-refractivity contribution in [1.29, 1.82) is 0 Å². The van der Waals surface area contributed by atoms with E-state index in [0.29, 0.717) is 26.4 Å². The second-order valence-electron chi connectivity index (χ2n) is 36.1. The van der Waals surface area contributed by atoms with Crippen LogP contribution in [0.3, 0.4) is 0 Å². The molecule has 12 heteroatoms. The highest BCUT2D eigenvalue weighted by molar-refractivity contribution is 5.73. The lowest BCUT2D eigenvalue weighted by Crippen LogP contribution is -2.33. The van der Waals surface area contributed by atoms with Crippen LogP contribution in [-0.4, -0.2) is 150 Å². The van der Waals surface area contributed by atoms with Crippen molar-refractivity contribution >= 4 is 23.9 Å². The van der Waals surface area contributed by atoms with Crippen LogP contribution in [0.4, 0.5) is 0 Å². The molecule has 0 aromatic carbocycles. The van der Waals surface area contributed by atoms with E-state index in [1.807, 2.05) is 0 Å². The molecule has 4 atom stereocenters. The molecule has 0 radical (unpaired) electrons. The summed E-state index contributed by atoms with van der Waals surface area (Å²) in [6, 6.07) is 0. The summed E-state index contributed by atoms with van der Waals surface area (Å²) in [6.45, 7) is 29.7. The number of esters is 4. The van der Waals surface area contributed by atoms with Crippen molar-refractivity contribution < 1.29 is 38.1 Å². The van der Waals surface area contributed by atoms with Crippen LogP contribution in [0.1, 0.15) is 505 Å². The molecule has 0 aromatic rings. The van der Waals surface area contributed by atoms with Crippen LogP contribution in [0.25, 0.3) is 0 Å². The molecule has 0 aliphatic carbocycles. The van der Waals surface area contributed by atoms with Gasteiger partial charge < -0.3 is 38.5 Å². The van der Waals surface area contributed by atoms with Gasteiger partial charge in [0.15, 0.2) is 0 Å². The zero-order chi connectivity index (χ0) is 83.7. The zero-order valence-corrected chi connectivity index (χ0v) is 79.3. The molecule has 0 aromatic heterocycles. The third kappa shape index (κ3) is 82.1. The summed E-state index contributed by atoms with van der Waals surface area (Å²) >= 11 is 0. The van der Waals surface area contributed by atoms with Gasteiger partial charge in [-0.05, 0) is 157 Å². The first kappa shape index (κ1) is 114. The Hall–Kier alpha value is -2.28. The summed E-state index contributed by atoms with van der Waals surface area (Å²) in [5, 5.41) is 0. The van der Waals surface area contributed by atoms with E-state index in [1.165, 1.54) is 354 Å². The van der Waals surface area contributed by atoms with Crippen LogP contribution < -0.4 is 0 Å². The quantitative estimate of drug-likeness (QED) is 0.0328. The molecule has 114 heavy (non-hydrogen) atoms. The minimum atomic E-state index is 0.0681. The number of hydrogen-bond acceptors (Lipinski definition) is 12. The van der Waals surface area contributed by atoms with Crippen molar-refractivity contribution in [3.05, 3.63) is 0 Å². The van der Waals surface area contributed by atoms with Gasteiger partial charge in [-0.1, -0.05) is 402 Å². The van der Waals surface area contributed by atoms with Crippen LogP contribution in [0.5, 0.6) is 0 Å². The van der Waals surface area contributed by atoms with E-state index in [9.17, 15) is 19.2 Å². The van der Waals surface area contributed by atoms with E-state index in [0.717, 1.165) is 148 Å². The van der Waals surface area contributed by atoms with Gasteiger partial charge in [-0.15, -0.1) is 0 Å². The van der Waals surface area contributed by atoms with E-state index < -0.39 is 0 Å². The van der Waals surface area contributed by atoms with E-state index in [4.69, 9.17) is 18.9 Å². The molecule has 0 rings (SSSR count). The molecule has 680 valence electrons. The predicted octanol–water partition coefficient (Wildman–Crippen LogP) is 29.8. The van der Waals surface area contributed by atoms with Crippen molar-refractivity contribution in [3.8, 4) is 0 Å². The second kappa shape index (κ2) is 93.0. The van der Waals surface area contributed by atoms with Crippen LogP contribution in [0.15, 0.2) is 0 Å². The van der Waals surface area contributed by atoms with Crippen molar-refractivity contribution in [2.75, 3.05) is 107 Å². The number of hydrogen-bond donors (Lipinski definition) is 0. The van der Waals surface area contributed by atoms with Gasteiger partial charge in [-0.25, -0.2) is 0 Å². The first-order valence-electron chi connectivity index (χ1n) is 51.2. The first-order chi connectivity index (χ1) is 55.8. The molecule has 0 aliphatic rings. The highest BCUT2D eigenvalue weighted by Crippen LogP contribution is 2.26. The van der Waals surface area contributed by atoms with E-state index in [-0.39, 0.29) is 47.5 Å². The number of carbonyl (C=O) groups is 4. The number of ether oxygens (including phenoxy) is 4. The lowest BCUT2D eigenvalue weighted by Gasteiger charge is -2.24. The molecule has 0 saturated carbocycles. The van der Waals surface area contributed by atoms with Gasteiger partial charge in [-0.3, -0.25) is 19.2 Å². The molecule has 0 bridgehead atoms. The summed E-state index contributed by atoms with van der Waals surface area (Å²) in [7, 11) is 8.70. The average Bonchev–Trinajstić information content (AvgIpc) is 0.961. The van der Waals surface area contributed by atoms with Gasteiger partial charge in [0.05, 0.1) is 50.1 Å². The van der Waals surface area contributed by atoms with Gasteiger partial charge in [0.25, 0.3) is 0 Å². The maximum Gasteiger partial charge on any atom is 0.308 e. The Labute approximate surface area is 713 Å². The maximum absolute atomic E-state index is 13.0. The molecular formula is C102H204N4O8. The van der Waals surface area contributed by atoms with Crippen LogP contribution in [0.2, 0.25) is 0 Å². The van der Waals surface area contributed by atoms with Gasteiger partial charge >= 0.3 is 23.9 Å². The summed E-state index contributed by atoms with van der Waals surface area (Å²) in [4.78, 5) is 61.8. The van der Waals surface area contributed by atoms with E-state index >= 15 is 0 Å². The fourth-order valence-electron chi connectivity index (χ4n) is 16.2. The van der Waals surface area contributed by atoms with Gasteiger partial charge in [0, 0.05) is 26.2 Å². The Morgan fingerprint density at radius 3 is 0.482 bits per heavy atom. The largest absolute Gasteiger partial charge is 0.465 e. The molecule has 0 fully saturated rings. The fourth-order valence-corrected chi connectivity index (χ4v) is 16.2. The highest BCUT2D eigenvalue weighted by Gasteiger charge is 2.24. The molecule has 0 heterocycles. The number of likely N-dealkylation sites (N-methyl/N-ethyl adjacent to an activating group) is 2. The Morgan fingerprint density at radius 2 is 0.316 bits per heavy atom. The molecule has 0 spiro atoms. The number of carbonyl (C=O) groups excluding carboxylic acids is 4. The molecule has 0 N–H and O–H groups in total. The van der Waals surface area contributed by atoms with Crippen molar-refractivity contribution in [2.24, 2.45) is 23.7 Å². The number of rotatable bonds is 92. The lowest BCUT2D eigenvalue weighted by molar-refractivity contribution is -0.150. The predicted molar refractivity (Wildman–Crippen MR) is 496 cm³/mol. The van der Waals surface area contributed by atoms with Gasteiger partial charge in [0.1, 0.15) is 0 Å². The van der Waals surface area contributed by atoms with Crippen LogP contribution in [-0.2, 0) is 38.1 Å². The number of nitrogens with zero attached hydrogens (tertiary/aromatic N) is 4. The van der Waals surface area contributed by atoms with Crippen LogP contribution >= 0.6 is 0 Å². The fraction of sp³-hybridized carbons (Fsp3) is 0.961. The van der Waals surface area contributed by atoms with E-state index in [1.54, 1.807) is 0 Å². The minimum absolute atomic E-state index is 0.0681. The standard InChI is InChI=1S/C54H108N2O4.C48H96N2O4/c1-7-11-15-19-27-35-43-51(41-33-17-13-9-3)53(57)59-49-39-31-25-21-23-29-37-45-56(48-47-55(5)6)46-38-30-24-22-26-32-40-50-60-54(58)52(42-34-18-14-10-4)44-36-28-20-16-12-8-2;1-7-11-15-19-21-29-37-45(35-27-17-13-9-3)47(51)53-43-33-25-23-31-39-50(42-41-49(5)6)40-32-24-26-34-44-54-48(52)46(36-28-18-14-10-4)38-30-22-20-16-12-8-2/h51-52H,7-50H2,1-6H3;45-46H,7-44H2,1-6H3. The van der Waals surface area contributed by atoms with Crippen molar-refractivity contribution in [3.63, 3.8) is 0 Å². The Kier molecular flexibility index (Phi) is 92.8. The summed E-state index contributed by atoms with van der Waals surface area (Å²) in [6.07, 6.45) is 84.8. The van der Waals surface area contributed by atoms with Crippen molar-refractivity contribution in [1.82, 2.24) is 19.6 Å². The van der Waals surface area contributed by atoms with Gasteiger partial charge in [0.2, 0.25) is 0 Å². The normalized spacial score (nSPS) is 12.8. The molecule has 12 nitrogen and oxygen atoms in total. The molecule has 0 saturated heterocycles. The smallest absolute Gasteiger partial charge is 0.308 e. The Balaban J connectivity index is 0. The molecule has 0 amide bonds. The summed E-state index contributed by atoms with van der Waals surface area (Å²) < 4.78 is 23.3. The topological polar surface area (TPSA) is 118 Å². The monoisotopic (exact) mass is 1610 g/mol. The minimum Gasteiger partial charge on any atom is -0.465 e. The first-order valence-corrected chi connectivity index (χ1v) is 51.2. The maximum atomic E-state index is 13.0. The molecular weight excluding hydrogens is 1410 g/mol. The highest BCUT2D eigenvalue weighted by atomic mass is 16.5. The third-order valence-corrected chi connectivity index (χ3v) is 24.3. The Bertz CT molecular complexity index is 1820. The average molecular weight is 1610 g/mol. The van der Waals surface area contributed by atoms with Crippen LogP contribution in [0, 0.1) is 23.7 Å². The third-order valence-electron chi connectivity index (χ3n) is 24.3.